The number of nitrogens with zero attached hydrogens (tertiary/aromatic N) is 1. The molecule has 0 saturated carbocycles. The highest BCUT2D eigenvalue weighted by Crippen LogP contribution is 2.37. The highest BCUT2D eigenvalue weighted by Gasteiger charge is 2.37. The third-order valence-corrected chi connectivity index (χ3v) is 5.92. The summed E-state index contributed by atoms with van der Waals surface area (Å²) < 4.78 is 78.1. The van der Waals surface area contributed by atoms with Crippen LogP contribution in [0.15, 0.2) is 18.2 Å². The number of hydrogen-bond donors (Lipinski definition) is 1. The molecule has 1 heterocycles. The minimum Gasteiger partial charge on any atom is -0.326 e. The molecule has 4 nitrogen and oxygen atoms in total. The number of halogens is 6. The van der Waals surface area contributed by atoms with E-state index in [4.69, 9.17) is 0 Å². The lowest BCUT2D eigenvalue weighted by atomic mass is 9.87. The minimum atomic E-state index is -4.99. The zero-order chi connectivity index (χ0) is 24.8. The average Bonchev–Trinajstić information content (AvgIpc) is 2.70. The van der Waals surface area contributed by atoms with Gasteiger partial charge in [-0.15, -0.1) is 0 Å². The Balaban J connectivity index is 2.03. The number of nitrogens with one attached hydrogen (secondary N) is 1. The van der Waals surface area contributed by atoms with Crippen molar-refractivity contribution in [3.63, 3.8) is 0 Å². The highest BCUT2D eigenvalue weighted by atomic mass is 19.4. The molecule has 1 aromatic rings. The van der Waals surface area contributed by atoms with Gasteiger partial charge < -0.3 is 10.2 Å². The summed E-state index contributed by atoms with van der Waals surface area (Å²) in [4.78, 5) is 27.1. The van der Waals surface area contributed by atoms with Crippen molar-refractivity contribution in [2.75, 3.05) is 25.5 Å². The van der Waals surface area contributed by atoms with Gasteiger partial charge in [0.1, 0.15) is 5.78 Å². The van der Waals surface area contributed by atoms with Crippen LogP contribution >= 0.6 is 0 Å². The van der Waals surface area contributed by atoms with Crippen molar-refractivity contribution in [3.05, 3.63) is 29.3 Å². The summed E-state index contributed by atoms with van der Waals surface area (Å²) in [5, 5.41) is 2.18. The Morgan fingerprint density at radius 1 is 1.06 bits per heavy atom. The van der Waals surface area contributed by atoms with E-state index in [2.05, 4.69) is 10.2 Å². The SMILES string of the molecule is CCCC(CCC(=O)C1CCCN(C)C1)CC(=O)Nc1cc(C(F)(F)F)cc(C(F)(F)F)c1. The van der Waals surface area contributed by atoms with E-state index in [1.54, 1.807) is 0 Å². The van der Waals surface area contributed by atoms with E-state index >= 15 is 0 Å². The number of carbonyl (C=O) groups excluding carboxylic acids is 2. The molecule has 2 rings (SSSR count). The maximum atomic E-state index is 13.0. The van der Waals surface area contributed by atoms with Crippen molar-refractivity contribution in [2.45, 2.75) is 64.2 Å². The molecule has 1 fully saturated rings. The zero-order valence-electron chi connectivity index (χ0n) is 18.8. The van der Waals surface area contributed by atoms with E-state index in [1.807, 2.05) is 14.0 Å². The van der Waals surface area contributed by atoms with Crippen molar-refractivity contribution >= 4 is 17.4 Å². The molecule has 0 aromatic heterocycles. The first kappa shape index (κ1) is 27.1. The third-order valence-electron chi connectivity index (χ3n) is 5.92. The van der Waals surface area contributed by atoms with Gasteiger partial charge in [-0.3, -0.25) is 9.59 Å². The Bertz CT molecular complexity index is 790. The van der Waals surface area contributed by atoms with Gasteiger partial charge in [0, 0.05) is 31.0 Å². The number of amides is 1. The van der Waals surface area contributed by atoms with Crippen molar-refractivity contribution in [1.82, 2.24) is 4.90 Å². The molecular formula is C23H30F6N2O2. The molecule has 186 valence electrons. The minimum absolute atomic E-state index is 0.0177. The first-order valence-electron chi connectivity index (χ1n) is 11.1. The summed E-state index contributed by atoms with van der Waals surface area (Å²) in [7, 11) is 1.96. The van der Waals surface area contributed by atoms with E-state index in [0.717, 1.165) is 25.8 Å². The molecule has 0 radical (unpaired) electrons. The lowest BCUT2D eigenvalue weighted by Crippen LogP contribution is -2.36. The van der Waals surface area contributed by atoms with E-state index < -0.39 is 35.1 Å². The van der Waals surface area contributed by atoms with Crippen LogP contribution in [0.2, 0.25) is 0 Å². The molecule has 1 N–H and O–H groups in total. The number of likely N-dealkylation sites (tertiary alicyclic amines) is 1. The van der Waals surface area contributed by atoms with E-state index in [0.29, 0.717) is 37.9 Å². The normalized spacial score (nSPS) is 18.7. The summed E-state index contributed by atoms with van der Waals surface area (Å²) in [6.45, 7) is 3.56. The Morgan fingerprint density at radius 3 is 2.18 bits per heavy atom. The molecule has 0 aliphatic carbocycles. The largest absolute Gasteiger partial charge is 0.416 e. The summed E-state index contributed by atoms with van der Waals surface area (Å²) >= 11 is 0. The molecule has 1 aliphatic heterocycles. The maximum absolute atomic E-state index is 13.0. The maximum Gasteiger partial charge on any atom is 0.416 e. The summed E-state index contributed by atoms with van der Waals surface area (Å²) in [5.41, 5.74) is -3.53. The fraction of sp³-hybridized carbons (Fsp3) is 0.652. The number of piperidine rings is 1. The van der Waals surface area contributed by atoms with Crippen molar-refractivity contribution in [2.24, 2.45) is 11.8 Å². The second kappa shape index (κ2) is 11.4. The average molecular weight is 480 g/mol. The monoisotopic (exact) mass is 480 g/mol. The Hall–Kier alpha value is -2.10. The molecule has 33 heavy (non-hydrogen) atoms. The second-order valence-corrected chi connectivity index (χ2v) is 8.81. The number of carbonyl (C=O) groups is 2. The van der Waals surface area contributed by atoms with E-state index in [-0.39, 0.29) is 30.1 Å². The molecule has 1 aromatic carbocycles. The van der Waals surface area contributed by atoms with Crippen molar-refractivity contribution in [1.29, 1.82) is 0 Å². The number of alkyl halides is 6. The standard InChI is InChI=1S/C23H30F6N2O2/c1-3-5-15(7-8-20(32)16-6-4-9-31(2)14-16)10-21(33)30-19-12-17(22(24,25)26)11-18(13-19)23(27,28)29/h11-13,15-16H,3-10,14H2,1-2H3,(H,30,33). The van der Waals surface area contributed by atoms with Gasteiger partial charge in [0.25, 0.3) is 0 Å². The number of ketones is 1. The Morgan fingerprint density at radius 2 is 1.67 bits per heavy atom. The molecule has 2 atom stereocenters. The summed E-state index contributed by atoms with van der Waals surface area (Å²) in [6.07, 6.45) is -6.15. The van der Waals surface area contributed by atoms with Crippen LogP contribution in [0.5, 0.6) is 0 Å². The van der Waals surface area contributed by atoms with Gasteiger partial charge in [0.15, 0.2) is 0 Å². The number of anilines is 1. The lowest BCUT2D eigenvalue weighted by molar-refractivity contribution is -0.143. The Labute approximate surface area is 189 Å². The van der Waals surface area contributed by atoms with E-state index in [1.165, 1.54) is 0 Å². The molecule has 0 bridgehead atoms. The first-order valence-corrected chi connectivity index (χ1v) is 11.1. The molecule has 10 heteroatoms. The molecule has 1 amide bonds. The summed E-state index contributed by atoms with van der Waals surface area (Å²) in [6, 6.07) is 1.000. The first-order chi connectivity index (χ1) is 15.3. The van der Waals surface area contributed by atoms with Crippen LogP contribution in [-0.2, 0) is 21.9 Å². The third kappa shape index (κ3) is 8.64. The van der Waals surface area contributed by atoms with Crippen LogP contribution in [0.4, 0.5) is 32.0 Å². The lowest BCUT2D eigenvalue weighted by Gasteiger charge is -2.29. The predicted octanol–water partition coefficient (Wildman–Crippen LogP) is 6.16. The van der Waals surface area contributed by atoms with Gasteiger partial charge in [-0.1, -0.05) is 19.8 Å². The predicted molar refractivity (Wildman–Crippen MR) is 113 cm³/mol. The van der Waals surface area contributed by atoms with Crippen LogP contribution in [0.1, 0.15) is 63.0 Å². The second-order valence-electron chi connectivity index (χ2n) is 8.81. The van der Waals surface area contributed by atoms with Crippen LogP contribution in [0, 0.1) is 11.8 Å². The van der Waals surface area contributed by atoms with Crippen LogP contribution in [-0.4, -0.2) is 36.7 Å². The molecular weight excluding hydrogens is 450 g/mol. The topological polar surface area (TPSA) is 49.4 Å². The molecule has 1 saturated heterocycles. The molecule has 0 spiro atoms. The number of benzene rings is 1. The van der Waals surface area contributed by atoms with Crippen molar-refractivity contribution in [3.8, 4) is 0 Å². The fourth-order valence-corrected chi connectivity index (χ4v) is 4.24. The smallest absolute Gasteiger partial charge is 0.326 e. The van der Waals surface area contributed by atoms with Crippen LogP contribution in [0.25, 0.3) is 0 Å². The van der Waals surface area contributed by atoms with Gasteiger partial charge in [0.05, 0.1) is 11.1 Å². The zero-order valence-corrected chi connectivity index (χ0v) is 18.8. The van der Waals surface area contributed by atoms with Gasteiger partial charge >= 0.3 is 12.4 Å². The number of Topliss-reactive ketones (excluding diaryl/α,β-unsaturated/α-hetero) is 1. The van der Waals surface area contributed by atoms with Crippen LogP contribution < -0.4 is 5.32 Å². The van der Waals surface area contributed by atoms with Gasteiger partial charge in [0.2, 0.25) is 5.91 Å². The van der Waals surface area contributed by atoms with Gasteiger partial charge in [-0.2, -0.15) is 26.3 Å². The highest BCUT2D eigenvalue weighted by molar-refractivity contribution is 5.91. The summed E-state index contributed by atoms with van der Waals surface area (Å²) in [5.74, 6) is -0.764. The van der Waals surface area contributed by atoms with Gasteiger partial charge in [-0.25, -0.2) is 0 Å². The molecule has 1 aliphatic rings. The van der Waals surface area contributed by atoms with Crippen LogP contribution in [0.3, 0.4) is 0 Å². The Kier molecular flexibility index (Phi) is 9.34. The fourth-order valence-electron chi connectivity index (χ4n) is 4.24. The van der Waals surface area contributed by atoms with E-state index in [9.17, 15) is 35.9 Å². The quantitative estimate of drug-likeness (QED) is 0.431. The number of rotatable bonds is 9. The van der Waals surface area contributed by atoms with Crippen molar-refractivity contribution < 1.29 is 35.9 Å². The molecule has 2 unspecified atom stereocenters. The van der Waals surface area contributed by atoms with Gasteiger partial charge in [-0.05, 0) is 57.0 Å². The number of hydrogen-bond acceptors (Lipinski definition) is 3.